The Morgan fingerprint density at radius 2 is 2.20 bits per heavy atom. The topological polar surface area (TPSA) is 37.0 Å². The predicted octanol–water partition coefficient (Wildman–Crippen LogP) is 2.40. The van der Waals surface area contributed by atoms with Crippen LogP contribution in [0.3, 0.4) is 0 Å². The van der Waals surface area contributed by atoms with E-state index in [1.54, 1.807) is 0 Å². The summed E-state index contributed by atoms with van der Waals surface area (Å²) in [7, 11) is 0. The van der Waals surface area contributed by atoms with Crippen LogP contribution < -0.4 is 10.6 Å². The lowest BCUT2D eigenvalue weighted by atomic mass is 10.2. The number of hydrogen-bond donors (Lipinski definition) is 2. The van der Waals surface area contributed by atoms with Crippen molar-refractivity contribution in [3.05, 3.63) is 23.9 Å². The monoisotopic (exact) mass is 207 g/mol. The fourth-order valence-electron chi connectivity index (χ4n) is 1.30. The highest BCUT2D eigenvalue weighted by Gasteiger charge is 2.02. The fourth-order valence-corrected chi connectivity index (χ4v) is 1.30. The van der Waals surface area contributed by atoms with Gasteiger partial charge >= 0.3 is 0 Å². The van der Waals surface area contributed by atoms with Gasteiger partial charge in [0.1, 0.15) is 5.82 Å². The van der Waals surface area contributed by atoms with E-state index in [1.165, 1.54) is 5.56 Å². The molecule has 0 bridgehead atoms. The van der Waals surface area contributed by atoms with Crippen LogP contribution in [0.4, 0.5) is 5.82 Å². The molecular formula is C12H21N3. The number of aromatic nitrogens is 1. The average molecular weight is 207 g/mol. The van der Waals surface area contributed by atoms with Gasteiger partial charge in [0.2, 0.25) is 0 Å². The molecule has 1 heterocycles. The fraction of sp³-hybridized carbons (Fsp3) is 0.583. The Hall–Kier alpha value is -1.09. The van der Waals surface area contributed by atoms with Gasteiger partial charge in [-0.1, -0.05) is 26.8 Å². The molecule has 84 valence electrons. The Labute approximate surface area is 92.3 Å². The maximum atomic E-state index is 4.34. The zero-order valence-electron chi connectivity index (χ0n) is 9.88. The first kappa shape index (κ1) is 12.0. The van der Waals surface area contributed by atoms with Gasteiger partial charge in [-0.3, -0.25) is 0 Å². The minimum absolute atomic E-state index is 0.504. The second kappa shape index (κ2) is 6.40. The van der Waals surface area contributed by atoms with Gasteiger partial charge < -0.3 is 10.6 Å². The lowest BCUT2D eigenvalue weighted by molar-refractivity contribution is 0.588. The van der Waals surface area contributed by atoms with Crippen LogP contribution in [0.5, 0.6) is 0 Å². The number of nitrogens with zero attached hydrogens (tertiary/aromatic N) is 1. The first-order chi connectivity index (χ1) is 7.24. The first-order valence-corrected chi connectivity index (χ1v) is 5.65. The molecule has 0 aromatic carbocycles. The van der Waals surface area contributed by atoms with Crippen molar-refractivity contribution in [3.8, 4) is 0 Å². The molecule has 0 aliphatic heterocycles. The lowest BCUT2D eigenvalue weighted by Crippen LogP contribution is -2.22. The average Bonchev–Trinajstić information content (AvgIpc) is 2.24. The van der Waals surface area contributed by atoms with E-state index in [0.717, 1.165) is 25.3 Å². The second-order valence-electron chi connectivity index (χ2n) is 3.97. The smallest absolute Gasteiger partial charge is 0.130 e. The zero-order chi connectivity index (χ0) is 11.1. The van der Waals surface area contributed by atoms with Crippen molar-refractivity contribution in [2.45, 2.75) is 39.8 Å². The molecule has 0 spiro atoms. The molecule has 0 amide bonds. The molecule has 0 radical (unpaired) electrons. The summed E-state index contributed by atoms with van der Waals surface area (Å²) >= 11 is 0. The number of pyridine rings is 1. The van der Waals surface area contributed by atoms with Gasteiger partial charge in [-0.15, -0.1) is 0 Å². The molecular weight excluding hydrogens is 186 g/mol. The molecule has 0 unspecified atom stereocenters. The first-order valence-electron chi connectivity index (χ1n) is 5.65. The largest absolute Gasteiger partial charge is 0.370 e. The summed E-state index contributed by atoms with van der Waals surface area (Å²) < 4.78 is 0. The Morgan fingerprint density at radius 1 is 1.40 bits per heavy atom. The molecule has 0 aliphatic carbocycles. The van der Waals surface area contributed by atoms with Crippen LogP contribution in [0.25, 0.3) is 0 Å². The molecule has 0 fully saturated rings. The van der Waals surface area contributed by atoms with E-state index >= 15 is 0 Å². The van der Waals surface area contributed by atoms with Crippen LogP contribution >= 0.6 is 0 Å². The molecule has 0 saturated heterocycles. The standard InChI is InChI=1S/C12H21N3/c1-4-7-13-12-11(6-5-8-14-12)9-15-10(2)3/h5-6,8,10,15H,4,7,9H2,1-3H3,(H,13,14). The molecule has 0 atom stereocenters. The molecule has 3 nitrogen and oxygen atoms in total. The van der Waals surface area contributed by atoms with E-state index in [9.17, 15) is 0 Å². The van der Waals surface area contributed by atoms with Gasteiger partial charge in [0.15, 0.2) is 0 Å². The van der Waals surface area contributed by atoms with Crippen LogP contribution in [-0.2, 0) is 6.54 Å². The quantitative estimate of drug-likeness (QED) is 0.752. The van der Waals surface area contributed by atoms with Crippen LogP contribution in [0.1, 0.15) is 32.8 Å². The van der Waals surface area contributed by atoms with E-state index in [1.807, 2.05) is 12.3 Å². The van der Waals surface area contributed by atoms with Crippen molar-refractivity contribution in [2.75, 3.05) is 11.9 Å². The lowest BCUT2D eigenvalue weighted by Gasteiger charge is -2.12. The summed E-state index contributed by atoms with van der Waals surface area (Å²) in [5, 5.41) is 6.73. The summed E-state index contributed by atoms with van der Waals surface area (Å²) in [6.07, 6.45) is 2.95. The van der Waals surface area contributed by atoms with Crippen LogP contribution in [0, 0.1) is 0 Å². The molecule has 0 saturated carbocycles. The highest BCUT2D eigenvalue weighted by Crippen LogP contribution is 2.11. The van der Waals surface area contributed by atoms with Crippen molar-refractivity contribution in [3.63, 3.8) is 0 Å². The van der Waals surface area contributed by atoms with Crippen molar-refractivity contribution in [1.29, 1.82) is 0 Å². The van der Waals surface area contributed by atoms with Crippen molar-refractivity contribution in [1.82, 2.24) is 10.3 Å². The number of rotatable bonds is 6. The predicted molar refractivity (Wildman–Crippen MR) is 65.0 cm³/mol. The van der Waals surface area contributed by atoms with Gasteiger partial charge in [-0.2, -0.15) is 0 Å². The van der Waals surface area contributed by atoms with Crippen molar-refractivity contribution in [2.24, 2.45) is 0 Å². The third-order valence-electron chi connectivity index (χ3n) is 2.13. The number of anilines is 1. The summed E-state index contributed by atoms with van der Waals surface area (Å²) in [6, 6.07) is 4.60. The maximum Gasteiger partial charge on any atom is 0.130 e. The van der Waals surface area contributed by atoms with Crippen LogP contribution in [-0.4, -0.2) is 17.6 Å². The SMILES string of the molecule is CCCNc1ncccc1CNC(C)C. The second-order valence-corrected chi connectivity index (χ2v) is 3.97. The van der Waals surface area contributed by atoms with Crippen LogP contribution in [0.15, 0.2) is 18.3 Å². The van der Waals surface area contributed by atoms with Crippen LogP contribution in [0.2, 0.25) is 0 Å². The molecule has 1 aromatic heterocycles. The Morgan fingerprint density at radius 3 is 2.87 bits per heavy atom. The molecule has 3 heteroatoms. The van der Waals surface area contributed by atoms with Crippen molar-refractivity contribution < 1.29 is 0 Å². The summed E-state index contributed by atoms with van der Waals surface area (Å²) in [5.74, 6) is 1.01. The van der Waals surface area contributed by atoms with E-state index in [-0.39, 0.29) is 0 Å². The Bertz CT molecular complexity index is 284. The summed E-state index contributed by atoms with van der Waals surface area (Å²) in [5.41, 5.74) is 1.24. The number of hydrogen-bond acceptors (Lipinski definition) is 3. The number of nitrogens with one attached hydrogen (secondary N) is 2. The maximum absolute atomic E-state index is 4.34. The zero-order valence-corrected chi connectivity index (χ0v) is 9.88. The van der Waals surface area contributed by atoms with Gasteiger partial charge in [0, 0.05) is 30.9 Å². The minimum atomic E-state index is 0.504. The molecule has 15 heavy (non-hydrogen) atoms. The Kier molecular flexibility index (Phi) is 5.12. The van der Waals surface area contributed by atoms with E-state index in [2.05, 4.69) is 42.5 Å². The third-order valence-corrected chi connectivity index (χ3v) is 2.13. The van der Waals surface area contributed by atoms with Gasteiger partial charge in [0.25, 0.3) is 0 Å². The highest BCUT2D eigenvalue weighted by atomic mass is 15.0. The molecule has 2 N–H and O–H groups in total. The van der Waals surface area contributed by atoms with E-state index < -0.39 is 0 Å². The molecule has 1 rings (SSSR count). The van der Waals surface area contributed by atoms with E-state index in [0.29, 0.717) is 6.04 Å². The third kappa shape index (κ3) is 4.30. The Balaban J connectivity index is 2.59. The summed E-state index contributed by atoms with van der Waals surface area (Å²) in [6.45, 7) is 8.30. The molecule has 1 aromatic rings. The van der Waals surface area contributed by atoms with Gasteiger partial charge in [-0.05, 0) is 12.5 Å². The molecule has 0 aliphatic rings. The van der Waals surface area contributed by atoms with Crippen molar-refractivity contribution >= 4 is 5.82 Å². The van der Waals surface area contributed by atoms with E-state index in [4.69, 9.17) is 0 Å². The van der Waals surface area contributed by atoms with Gasteiger partial charge in [-0.25, -0.2) is 4.98 Å². The summed E-state index contributed by atoms with van der Waals surface area (Å²) in [4.78, 5) is 4.34. The highest BCUT2D eigenvalue weighted by molar-refractivity contribution is 5.43. The normalized spacial score (nSPS) is 10.7. The minimum Gasteiger partial charge on any atom is -0.370 e. The van der Waals surface area contributed by atoms with Gasteiger partial charge in [0.05, 0.1) is 0 Å².